The molecule has 0 saturated carbocycles. The Morgan fingerprint density at radius 2 is 1.91 bits per heavy atom. The number of fused-ring (bicyclic) bond motifs is 1. The average molecular weight is 613 g/mol. The van der Waals surface area contributed by atoms with Crippen LogP contribution in [0.15, 0.2) is 47.7 Å². The van der Waals surface area contributed by atoms with E-state index >= 15 is 0 Å². The average Bonchev–Trinajstić information content (AvgIpc) is 3.24. The minimum absolute atomic E-state index is 0.0640. The molecular formula is C28H33F5N6O4. The van der Waals surface area contributed by atoms with Gasteiger partial charge in [-0.2, -0.15) is 5.10 Å². The Bertz CT molecular complexity index is 1330. The van der Waals surface area contributed by atoms with Gasteiger partial charge in [-0.05, 0) is 32.0 Å². The van der Waals surface area contributed by atoms with E-state index in [1.165, 1.54) is 24.8 Å². The van der Waals surface area contributed by atoms with Gasteiger partial charge in [-0.15, -0.1) is 0 Å². The summed E-state index contributed by atoms with van der Waals surface area (Å²) in [6, 6.07) is 6.99. The standard InChI is InChI=1S/C27H31F3N6O4.CH2F2/c1-26(2,31)24(38)33-21(14-40-13-17-6-7-18(29)11-20(17)30)23(37)35-10-8-22-27(15-35,25(39)36(16-28)34-22)12-19-5-3-4-9-32-19;2-1-3/h3-7,9,11,21H,8,10,12-16,31H2,1-2H3,(H,33,38);1H2/t21-,27-;/m1./s1. The molecule has 15 heteroatoms. The molecule has 2 aliphatic heterocycles. The number of carbonyl (C=O) groups is 3. The Kier molecular flexibility index (Phi) is 11.3. The van der Waals surface area contributed by atoms with Gasteiger partial charge in [0.1, 0.15) is 23.1 Å². The maximum atomic E-state index is 14.1. The summed E-state index contributed by atoms with van der Waals surface area (Å²) in [5.74, 6) is -3.34. The van der Waals surface area contributed by atoms with Crippen molar-refractivity contribution in [3.05, 3.63) is 65.5 Å². The summed E-state index contributed by atoms with van der Waals surface area (Å²) in [5, 5.41) is 7.52. The molecule has 0 spiro atoms. The number of pyridine rings is 1. The molecule has 3 amide bonds. The molecule has 4 rings (SSSR count). The number of nitrogens with two attached hydrogens (primary N) is 1. The molecule has 2 aromatic rings. The summed E-state index contributed by atoms with van der Waals surface area (Å²) in [4.78, 5) is 45.5. The number of piperidine rings is 1. The second kappa shape index (κ2) is 14.5. The van der Waals surface area contributed by atoms with Crippen molar-refractivity contribution in [3.63, 3.8) is 0 Å². The SMILES string of the molecule is CC(C)(N)C(=O)N[C@H](COCc1ccc(F)cc1F)C(=O)N1CCC2=NN(CF)C(=O)[C@]2(Cc2ccccn2)C1.FCF. The first-order chi connectivity index (χ1) is 20.4. The first-order valence-electron chi connectivity index (χ1n) is 13.2. The van der Waals surface area contributed by atoms with Crippen molar-refractivity contribution in [3.8, 4) is 0 Å². The van der Waals surface area contributed by atoms with Crippen molar-refractivity contribution in [2.75, 3.05) is 33.4 Å². The number of alkyl halides is 3. The van der Waals surface area contributed by atoms with Crippen LogP contribution in [0.1, 0.15) is 31.5 Å². The number of ether oxygens (including phenoxy) is 1. The fraction of sp³-hybridized carbons (Fsp3) is 0.464. The van der Waals surface area contributed by atoms with E-state index in [4.69, 9.17) is 10.5 Å². The van der Waals surface area contributed by atoms with Gasteiger partial charge in [-0.25, -0.2) is 27.0 Å². The van der Waals surface area contributed by atoms with Crippen LogP contribution >= 0.6 is 0 Å². The van der Waals surface area contributed by atoms with Crippen molar-refractivity contribution >= 4 is 23.4 Å². The monoisotopic (exact) mass is 612 g/mol. The van der Waals surface area contributed by atoms with Gasteiger partial charge >= 0.3 is 0 Å². The normalized spacial score (nSPS) is 18.8. The van der Waals surface area contributed by atoms with Crippen LogP contribution in [0.5, 0.6) is 0 Å². The number of aromatic nitrogens is 1. The van der Waals surface area contributed by atoms with E-state index in [2.05, 4.69) is 15.4 Å². The van der Waals surface area contributed by atoms with Gasteiger partial charge in [-0.3, -0.25) is 19.4 Å². The van der Waals surface area contributed by atoms with E-state index in [1.807, 2.05) is 0 Å². The number of carbonyl (C=O) groups excluding carboxylic acids is 3. The van der Waals surface area contributed by atoms with Crippen LogP contribution in [0, 0.1) is 17.0 Å². The summed E-state index contributed by atoms with van der Waals surface area (Å²) < 4.78 is 65.8. The third-order valence-corrected chi connectivity index (χ3v) is 6.90. The highest BCUT2D eigenvalue weighted by atomic mass is 19.3. The predicted molar refractivity (Wildman–Crippen MR) is 145 cm³/mol. The molecule has 43 heavy (non-hydrogen) atoms. The lowest BCUT2D eigenvalue weighted by atomic mass is 9.74. The van der Waals surface area contributed by atoms with Crippen LogP contribution in [0.4, 0.5) is 22.0 Å². The molecule has 1 aromatic heterocycles. The number of hydrogen-bond acceptors (Lipinski definition) is 7. The van der Waals surface area contributed by atoms with E-state index < -0.39 is 60.1 Å². The summed E-state index contributed by atoms with van der Waals surface area (Å²) in [6.07, 6.45) is 1.87. The molecule has 10 nitrogen and oxygen atoms in total. The molecule has 0 bridgehead atoms. The topological polar surface area (TPSA) is 130 Å². The molecule has 3 N–H and O–H groups in total. The lowest BCUT2D eigenvalue weighted by Gasteiger charge is -2.40. The smallest absolute Gasteiger partial charge is 0.259 e. The lowest BCUT2D eigenvalue weighted by Crippen LogP contribution is -2.61. The Labute approximate surface area is 245 Å². The summed E-state index contributed by atoms with van der Waals surface area (Å²) in [5.41, 5.74) is 4.35. The molecular weight excluding hydrogens is 579 g/mol. The number of nitrogens with zero attached hydrogens (tertiary/aromatic N) is 4. The van der Waals surface area contributed by atoms with Crippen LogP contribution in [0.2, 0.25) is 0 Å². The largest absolute Gasteiger partial charge is 0.374 e. The summed E-state index contributed by atoms with van der Waals surface area (Å²) >= 11 is 0. The van der Waals surface area contributed by atoms with Gasteiger partial charge < -0.3 is 20.7 Å². The molecule has 0 radical (unpaired) electrons. The quantitative estimate of drug-likeness (QED) is 0.314. The predicted octanol–water partition coefficient (Wildman–Crippen LogP) is 2.57. The van der Waals surface area contributed by atoms with Crippen LogP contribution in [-0.2, 0) is 32.1 Å². The highest BCUT2D eigenvalue weighted by Crippen LogP contribution is 2.38. The van der Waals surface area contributed by atoms with E-state index in [1.54, 1.807) is 24.4 Å². The van der Waals surface area contributed by atoms with Crippen molar-refractivity contribution < 1.29 is 41.1 Å². The Morgan fingerprint density at radius 3 is 2.51 bits per heavy atom. The van der Waals surface area contributed by atoms with Gasteiger partial charge in [0.15, 0.2) is 6.80 Å². The Hall–Kier alpha value is -3.98. The van der Waals surface area contributed by atoms with Crippen molar-refractivity contribution in [2.45, 2.75) is 44.9 Å². The van der Waals surface area contributed by atoms with E-state index in [0.717, 1.165) is 11.1 Å². The van der Waals surface area contributed by atoms with Crippen molar-refractivity contribution in [2.24, 2.45) is 16.3 Å². The molecule has 2 atom stereocenters. The number of halogens is 5. The van der Waals surface area contributed by atoms with Gasteiger partial charge in [0.25, 0.3) is 5.91 Å². The molecule has 1 aromatic carbocycles. The summed E-state index contributed by atoms with van der Waals surface area (Å²) in [7, 11) is 0. The highest BCUT2D eigenvalue weighted by molar-refractivity contribution is 6.13. The highest BCUT2D eigenvalue weighted by Gasteiger charge is 2.55. The van der Waals surface area contributed by atoms with Crippen molar-refractivity contribution in [1.82, 2.24) is 20.2 Å². The minimum Gasteiger partial charge on any atom is -0.374 e. The zero-order valence-electron chi connectivity index (χ0n) is 23.7. The minimum atomic E-state index is -1.75. The molecule has 2 aliphatic rings. The molecule has 3 heterocycles. The third kappa shape index (κ3) is 8.10. The number of hydrogen-bond donors (Lipinski definition) is 2. The van der Waals surface area contributed by atoms with E-state index in [0.29, 0.717) is 17.5 Å². The third-order valence-electron chi connectivity index (χ3n) is 6.90. The number of likely N-dealkylation sites (tertiary alicyclic amines) is 1. The Morgan fingerprint density at radius 1 is 1.19 bits per heavy atom. The maximum absolute atomic E-state index is 14.1. The number of rotatable bonds is 10. The van der Waals surface area contributed by atoms with E-state index in [-0.39, 0.29) is 44.7 Å². The van der Waals surface area contributed by atoms with Gasteiger partial charge in [0, 0.05) is 49.5 Å². The van der Waals surface area contributed by atoms with Gasteiger partial charge in [0.05, 0.1) is 24.5 Å². The lowest BCUT2D eigenvalue weighted by molar-refractivity contribution is -0.145. The zero-order chi connectivity index (χ0) is 31.8. The maximum Gasteiger partial charge on any atom is 0.259 e. The fourth-order valence-electron chi connectivity index (χ4n) is 4.73. The molecule has 234 valence electrons. The molecule has 0 unspecified atom stereocenters. The molecule has 1 saturated heterocycles. The van der Waals surface area contributed by atoms with Gasteiger partial charge in [-0.1, -0.05) is 12.1 Å². The summed E-state index contributed by atoms with van der Waals surface area (Å²) in [6.45, 7) is -0.547. The number of hydrazone groups is 1. The van der Waals surface area contributed by atoms with Crippen LogP contribution in [0.25, 0.3) is 0 Å². The second-order valence-corrected chi connectivity index (χ2v) is 10.6. The van der Waals surface area contributed by atoms with E-state index in [9.17, 15) is 36.3 Å². The number of benzene rings is 1. The molecule has 0 aliphatic carbocycles. The van der Waals surface area contributed by atoms with Gasteiger partial charge in [0.2, 0.25) is 18.7 Å². The first-order valence-corrected chi connectivity index (χ1v) is 13.2. The zero-order valence-corrected chi connectivity index (χ0v) is 23.7. The number of nitrogens with one attached hydrogen (secondary N) is 1. The van der Waals surface area contributed by atoms with Crippen LogP contribution in [0.3, 0.4) is 0 Å². The second-order valence-electron chi connectivity index (χ2n) is 10.6. The number of amides is 3. The molecule has 1 fully saturated rings. The Balaban J connectivity index is 0.00000162. The van der Waals surface area contributed by atoms with Crippen LogP contribution < -0.4 is 11.1 Å². The van der Waals surface area contributed by atoms with Crippen LogP contribution in [-0.4, -0.2) is 83.3 Å². The first kappa shape index (κ1) is 33.5. The fourth-order valence-corrected chi connectivity index (χ4v) is 4.73. The van der Waals surface area contributed by atoms with Crippen molar-refractivity contribution in [1.29, 1.82) is 0 Å².